The first-order valence-corrected chi connectivity index (χ1v) is 5.49. The highest BCUT2D eigenvalue weighted by Crippen LogP contribution is 2.05. The smallest absolute Gasteiger partial charge is 0.255 e. The topological polar surface area (TPSA) is 53.4 Å². The van der Waals surface area contributed by atoms with Crippen molar-refractivity contribution < 1.29 is 9.90 Å². The predicted molar refractivity (Wildman–Crippen MR) is 65.5 cm³/mol. The first kappa shape index (κ1) is 13.2. The molecule has 0 aromatic carbocycles. The number of nitrogens with zero attached hydrogens (tertiary/aromatic N) is 2. The molecule has 0 bridgehead atoms. The fourth-order valence-electron chi connectivity index (χ4n) is 1.42. The fourth-order valence-corrected chi connectivity index (χ4v) is 1.42. The Kier molecular flexibility index (Phi) is 5.18. The monoisotopic (exact) mass is 232 g/mol. The molecular formula is C13H16N2O2. The van der Waals surface area contributed by atoms with Gasteiger partial charge in [0, 0.05) is 31.5 Å². The molecule has 0 atom stereocenters. The number of hydrogen-bond donors (Lipinski definition) is 1. The molecule has 1 aromatic heterocycles. The minimum absolute atomic E-state index is 0.0630. The molecule has 0 radical (unpaired) electrons. The van der Waals surface area contributed by atoms with Gasteiger partial charge in [0.25, 0.3) is 5.91 Å². The number of amides is 1. The largest absolute Gasteiger partial charge is 0.384 e. The summed E-state index contributed by atoms with van der Waals surface area (Å²) >= 11 is 0. The van der Waals surface area contributed by atoms with Gasteiger partial charge in [-0.1, -0.05) is 18.8 Å². The van der Waals surface area contributed by atoms with Crippen molar-refractivity contribution in [1.82, 2.24) is 9.88 Å². The van der Waals surface area contributed by atoms with Gasteiger partial charge >= 0.3 is 0 Å². The number of hydrogen-bond acceptors (Lipinski definition) is 3. The Labute approximate surface area is 101 Å². The van der Waals surface area contributed by atoms with Crippen molar-refractivity contribution in [3.8, 4) is 11.8 Å². The van der Waals surface area contributed by atoms with E-state index < -0.39 is 0 Å². The number of aromatic nitrogens is 1. The van der Waals surface area contributed by atoms with Crippen LogP contribution in [0.15, 0.2) is 18.5 Å². The normalized spacial score (nSPS) is 9.35. The van der Waals surface area contributed by atoms with Crippen LogP contribution in [-0.4, -0.2) is 41.1 Å². The van der Waals surface area contributed by atoms with Crippen LogP contribution >= 0.6 is 0 Å². The van der Waals surface area contributed by atoms with E-state index in [9.17, 15) is 4.79 Å². The number of aliphatic hydroxyl groups is 1. The van der Waals surface area contributed by atoms with Crippen molar-refractivity contribution in [2.24, 2.45) is 0 Å². The van der Waals surface area contributed by atoms with Gasteiger partial charge in [0.1, 0.15) is 6.61 Å². The zero-order valence-corrected chi connectivity index (χ0v) is 10.1. The Morgan fingerprint density at radius 1 is 1.53 bits per heavy atom. The third-order valence-corrected chi connectivity index (χ3v) is 2.20. The van der Waals surface area contributed by atoms with Crippen LogP contribution in [0.4, 0.5) is 0 Å². The molecule has 0 aliphatic carbocycles. The van der Waals surface area contributed by atoms with Gasteiger partial charge in [-0.05, 0) is 12.5 Å². The van der Waals surface area contributed by atoms with Crippen LogP contribution in [0.25, 0.3) is 0 Å². The van der Waals surface area contributed by atoms with Gasteiger partial charge in [-0.15, -0.1) is 0 Å². The summed E-state index contributed by atoms with van der Waals surface area (Å²) in [5.74, 6) is 5.19. The summed E-state index contributed by atoms with van der Waals surface area (Å²) in [6, 6.07) is 1.68. The van der Waals surface area contributed by atoms with Crippen molar-refractivity contribution in [1.29, 1.82) is 0 Å². The molecule has 0 fully saturated rings. The Balaban J connectivity index is 2.87. The van der Waals surface area contributed by atoms with Crippen LogP contribution in [-0.2, 0) is 0 Å². The van der Waals surface area contributed by atoms with Gasteiger partial charge in [-0.25, -0.2) is 0 Å². The lowest BCUT2D eigenvalue weighted by atomic mass is 10.2. The molecular weight excluding hydrogens is 216 g/mol. The number of aliphatic hydroxyl groups excluding tert-OH is 1. The van der Waals surface area contributed by atoms with Gasteiger partial charge in [-0.3, -0.25) is 9.78 Å². The third-order valence-electron chi connectivity index (χ3n) is 2.20. The lowest BCUT2D eigenvalue weighted by Crippen LogP contribution is -2.27. The SMILES string of the molecule is CCCN(C)C(=O)c1cncc(C#CCO)c1. The highest BCUT2D eigenvalue weighted by atomic mass is 16.2. The molecule has 1 amide bonds. The molecule has 0 aliphatic heterocycles. The molecule has 0 unspecified atom stereocenters. The Morgan fingerprint density at radius 2 is 2.29 bits per heavy atom. The molecule has 4 nitrogen and oxygen atoms in total. The Morgan fingerprint density at radius 3 is 2.94 bits per heavy atom. The first-order valence-electron chi connectivity index (χ1n) is 5.49. The molecule has 0 saturated carbocycles. The van der Waals surface area contributed by atoms with Gasteiger partial charge in [0.2, 0.25) is 0 Å². The van der Waals surface area contributed by atoms with Crippen LogP contribution in [0.5, 0.6) is 0 Å². The summed E-state index contributed by atoms with van der Waals surface area (Å²) in [6.45, 7) is 2.53. The fraction of sp³-hybridized carbons (Fsp3) is 0.385. The van der Waals surface area contributed by atoms with E-state index in [0.29, 0.717) is 17.7 Å². The maximum absolute atomic E-state index is 11.9. The van der Waals surface area contributed by atoms with E-state index in [1.807, 2.05) is 6.92 Å². The molecule has 0 spiro atoms. The molecule has 1 rings (SSSR count). The summed E-state index contributed by atoms with van der Waals surface area (Å²) in [4.78, 5) is 17.6. The molecule has 1 aromatic rings. The van der Waals surface area contributed by atoms with Gasteiger partial charge in [0.05, 0.1) is 5.56 Å². The van der Waals surface area contributed by atoms with Crippen molar-refractivity contribution >= 4 is 5.91 Å². The first-order chi connectivity index (χ1) is 8.19. The highest BCUT2D eigenvalue weighted by molar-refractivity contribution is 5.94. The summed E-state index contributed by atoms with van der Waals surface area (Å²) in [6.07, 6.45) is 4.01. The average molecular weight is 232 g/mol. The molecule has 1 N–H and O–H groups in total. The predicted octanol–water partition coefficient (Wildman–Crippen LogP) is 0.907. The molecule has 17 heavy (non-hydrogen) atoms. The molecule has 1 heterocycles. The zero-order chi connectivity index (χ0) is 12.7. The lowest BCUT2D eigenvalue weighted by Gasteiger charge is -2.15. The molecule has 0 saturated heterocycles. The van der Waals surface area contributed by atoms with Crippen LogP contribution in [0, 0.1) is 11.8 Å². The minimum atomic E-state index is -0.200. The van der Waals surface area contributed by atoms with Crippen LogP contribution in [0.2, 0.25) is 0 Å². The second-order valence-corrected chi connectivity index (χ2v) is 3.65. The summed E-state index contributed by atoms with van der Waals surface area (Å²) in [5.41, 5.74) is 1.15. The molecule has 4 heteroatoms. The molecule has 90 valence electrons. The van der Waals surface area contributed by atoms with Crippen LogP contribution < -0.4 is 0 Å². The second kappa shape index (κ2) is 6.66. The van der Waals surface area contributed by atoms with E-state index in [-0.39, 0.29) is 12.5 Å². The maximum Gasteiger partial charge on any atom is 0.255 e. The van der Waals surface area contributed by atoms with E-state index >= 15 is 0 Å². The third kappa shape index (κ3) is 3.89. The summed E-state index contributed by atoms with van der Waals surface area (Å²) < 4.78 is 0. The number of rotatable bonds is 3. The number of carbonyl (C=O) groups is 1. The summed E-state index contributed by atoms with van der Waals surface area (Å²) in [5, 5.41) is 8.60. The van der Waals surface area contributed by atoms with Gasteiger partial charge < -0.3 is 10.0 Å². The maximum atomic E-state index is 11.9. The minimum Gasteiger partial charge on any atom is -0.384 e. The van der Waals surface area contributed by atoms with E-state index in [1.165, 1.54) is 6.20 Å². The van der Waals surface area contributed by atoms with Gasteiger partial charge in [-0.2, -0.15) is 0 Å². The van der Waals surface area contributed by atoms with Crippen molar-refractivity contribution in [3.63, 3.8) is 0 Å². The van der Waals surface area contributed by atoms with Crippen LogP contribution in [0.3, 0.4) is 0 Å². The van der Waals surface area contributed by atoms with E-state index in [0.717, 1.165) is 6.42 Å². The highest BCUT2D eigenvalue weighted by Gasteiger charge is 2.11. The standard InChI is InChI=1S/C13H16N2O2/c1-3-6-15(2)13(17)12-8-11(5-4-7-16)9-14-10-12/h8-10,16H,3,6-7H2,1-2H3. The Bertz CT molecular complexity index is 446. The molecule has 0 aliphatic rings. The Hall–Kier alpha value is -1.86. The summed E-state index contributed by atoms with van der Waals surface area (Å²) in [7, 11) is 1.76. The van der Waals surface area contributed by atoms with Crippen molar-refractivity contribution in [3.05, 3.63) is 29.6 Å². The van der Waals surface area contributed by atoms with E-state index in [4.69, 9.17) is 5.11 Å². The number of pyridine rings is 1. The average Bonchev–Trinajstić information content (AvgIpc) is 2.36. The van der Waals surface area contributed by atoms with Gasteiger partial charge in [0.15, 0.2) is 0 Å². The number of carbonyl (C=O) groups excluding carboxylic acids is 1. The van der Waals surface area contributed by atoms with Crippen molar-refractivity contribution in [2.45, 2.75) is 13.3 Å². The van der Waals surface area contributed by atoms with E-state index in [1.54, 1.807) is 24.2 Å². The lowest BCUT2D eigenvalue weighted by molar-refractivity contribution is 0.0794. The van der Waals surface area contributed by atoms with E-state index in [2.05, 4.69) is 16.8 Å². The van der Waals surface area contributed by atoms with Crippen molar-refractivity contribution in [2.75, 3.05) is 20.2 Å². The zero-order valence-electron chi connectivity index (χ0n) is 10.1. The quantitative estimate of drug-likeness (QED) is 0.788. The second-order valence-electron chi connectivity index (χ2n) is 3.65. The van der Waals surface area contributed by atoms with Crippen LogP contribution in [0.1, 0.15) is 29.3 Å².